The van der Waals surface area contributed by atoms with Crippen molar-refractivity contribution in [1.82, 2.24) is 4.90 Å². The van der Waals surface area contributed by atoms with Gasteiger partial charge in [0.05, 0.1) is 0 Å². The summed E-state index contributed by atoms with van der Waals surface area (Å²) in [5, 5.41) is 0. The van der Waals surface area contributed by atoms with Gasteiger partial charge in [0.25, 0.3) is 0 Å². The van der Waals surface area contributed by atoms with E-state index in [0.29, 0.717) is 5.92 Å². The molecule has 1 saturated heterocycles. The minimum Gasteiger partial charge on any atom is -0.445 e. The van der Waals surface area contributed by atoms with Crippen LogP contribution in [0.5, 0.6) is 0 Å². The van der Waals surface area contributed by atoms with Crippen LogP contribution in [0.25, 0.3) is 0 Å². The van der Waals surface area contributed by atoms with Gasteiger partial charge in [-0.25, -0.2) is 4.79 Å². The van der Waals surface area contributed by atoms with Crippen LogP contribution in [0.1, 0.15) is 18.9 Å². The van der Waals surface area contributed by atoms with Crippen molar-refractivity contribution in [3.63, 3.8) is 0 Å². The zero-order valence-corrected chi connectivity index (χ0v) is 10.7. The van der Waals surface area contributed by atoms with Crippen LogP contribution >= 0.6 is 0 Å². The molecule has 0 aliphatic carbocycles. The lowest BCUT2D eigenvalue weighted by atomic mass is 10.0. The number of hydrogen-bond acceptors (Lipinski definition) is 3. The lowest BCUT2D eigenvalue weighted by Crippen LogP contribution is -2.29. The third kappa shape index (κ3) is 3.23. The summed E-state index contributed by atoms with van der Waals surface area (Å²) in [7, 11) is 0. The van der Waals surface area contributed by atoms with Crippen molar-refractivity contribution in [1.29, 1.82) is 0 Å². The van der Waals surface area contributed by atoms with Gasteiger partial charge in [0.2, 0.25) is 0 Å². The van der Waals surface area contributed by atoms with Gasteiger partial charge in [-0.15, -0.1) is 0 Å². The summed E-state index contributed by atoms with van der Waals surface area (Å²) in [6, 6.07) is 10.3. The van der Waals surface area contributed by atoms with Crippen molar-refractivity contribution < 1.29 is 9.53 Å². The molecule has 2 atom stereocenters. The minimum atomic E-state index is -0.667. The Morgan fingerprint density at radius 3 is 2.72 bits per heavy atom. The van der Waals surface area contributed by atoms with E-state index in [9.17, 15) is 4.79 Å². The number of amides is 1. The number of benzene rings is 1. The second kappa shape index (κ2) is 5.87. The van der Waals surface area contributed by atoms with Crippen molar-refractivity contribution in [2.75, 3.05) is 13.1 Å². The summed E-state index contributed by atoms with van der Waals surface area (Å²) in [6.07, 6.45) is 0.277. The van der Waals surface area contributed by atoms with Gasteiger partial charge in [-0.2, -0.15) is 0 Å². The Hall–Kier alpha value is -1.55. The fourth-order valence-corrected chi connectivity index (χ4v) is 2.57. The molecule has 0 bridgehead atoms. The van der Waals surface area contributed by atoms with Crippen molar-refractivity contribution >= 4 is 6.09 Å². The van der Waals surface area contributed by atoms with Gasteiger partial charge in [0.1, 0.15) is 6.10 Å². The number of nitrogens with two attached hydrogens (primary N) is 1. The molecule has 1 aromatic carbocycles. The summed E-state index contributed by atoms with van der Waals surface area (Å²) in [4.78, 5) is 13.2. The second-order valence-corrected chi connectivity index (χ2v) is 4.82. The first kappa shape index (κ1) is 12.9. The number of primary amides is 1. The fourth-order valence-electron chi connectivity index (χ4n) is 2.57. The maximum atomic E-state index is 10.9. The van der Waals surface area contributed by atoms with Gasteiger partial charge in [0.15, 0.2) is 0 Å². The zero-order valence-electron chi connectivity index (χ0n) is 10.7. The van der Waals surface area contributed by atoms with Crippen LogP contribution in [-0.2, 0) is 11.3 Å². The van der Waals surface area contributed by atoms with Gasteiger partial charge in [0, 0.05) is 25.6 Å². The molecule has 1 amide bonds. The molecule has 0 saturated carbocycles. The summed E-state index contributed by atoms with van der Waals surface area (Å²) in [5.74, 6) is 0.390. The molecule has 0 spiro atoms. The standard InChI is InChI=1S/C14H20N2O2/c1-2-12-9-16(10-13(12)18-14(15)17)8-11-6-4-3-5-7-11/h3-7,12-13H,2,8-10H2,1H3,(H2,15,17). The second-order valence-electron chi connectivity index (χ2n) is 4.82. The number of likely N-dealkylation sites (tertiary alicyclic amines) is 1. The normalized spacial score (nSPS) is 24.1. The number of ether oxygens (including phenoxy) is 1. The third-order valence-electron chi connectivity index (χ3n) is 3.50. The fraction of sp³-hybridized carbons (Fsp3) is 0.500. The number of nitrogens with zero attached hydrogens (tertiary/aromatic N) is 1. The van der Waals surface area contributed by atoms with Gasteiger partial charge in [-0.3, -0.25) is 4.90 Å². The Morgan fingerprint density at radius 2 is 2.11 bits per heavy atom. The van der Waals surface area contributed by atoms with Gasteiger partial charge >= 0.3 is 6.09 Å². The first-order chi connectivity index (χ1) is 8.69. The predicted molar refractivity (Wildman–Crippen MR) is 70.0 cm³/mol. The molecular weight excluding hydrogens is 228 g/mol. The molecule has 1 aromatic rings. The highest BCUT2D eigenvalue weighted by Gasteiger charge is 2.33. The van der Waals surface area contributed by atoms with E-state index < -0.39 is 6.09 Å². The van der Waals surface area contributed by atoms with Crippen LogP contribution in [-0.4, -0.2) is 30.2 Å². The smallest absolute Gasteiger partial charge is 0.404 e. The Kier molecular flexibility index (Phi) is 4.20. The highest BCUT2D eigenvalue weighted by molar-refractivity contribution is 5.64. The van der Waals surface area contributed by atoms with E-state index >= 15 is 0 Å². The van der Waals surface area contributed by atoms with E-state index in [2.05, 4.69) is 24.0 Å². The molecule has 18 heavy (non-hydrogen) atoms. The number of carbonyl (C=O) groups excluding carboxylic acids is 1. The van der Waals surface area contributed by atoms with Crippen LogP contribution in [0.2, 0.25) is 0 Å². The summed E-state index contributed by atoms with van der Waals surface area (Å²) in [6.45, 7) is 4.75. The number of carbonyl (C=O) groups is 1. The maximum absolute atomic E-state index is 10.9. The summed E-state index contributed by atoms with van der Waals surface area (Å²) >= 11 is 0. The number of hydrogen-bond donors (Lipinski definition) is 1. The van der Waals surface area contributed by atoms with E-state index in [1.807, 2.05) is 18.2 Å². The van der Waals surface area contributed by atoms with E-state index in [1.54, 1.807) is 0 Å². The summed E-state index contributed by atoms with van der Waals surface area (Å²) < 4.78 is 5.18. The Morgan fingerprint density at radius 1 is 1.39 bits per heavy atom. The molecule has 2 rings (SSSR count). The molecule has 2 unspecified atom stereocenters. The monoisotopic (exact) mass is 248 g/mol. The maximum Gasteiger partial charge on any atom is 0.404 e. The van der Waals surface area contributed by atoms with Gasteiger partial charge < -0.3 is 10.5 Å². The average molecular weight is 248 g/mol. The summed E-state index contributed by atoms with van der Waals surface area (Å²) in [5.41, 5.74) is 6.39. The Bertz CT molecular complexity index is 394. The SMILES string of the molecule is CCC1CN(Cc2ccccc2)CC1OC(N)=O. The highest BCUT2D eigenvalue weighted by Crippen LogP contribution is 2.24. The minimum absolute atomic E-state index is 0.0591. The topological polar surface area (TPSA) is 55.6 Å². The number of rotatable bonds is 4. The van der Waals surface area contributed by atoms with Crippen LogP contribution in [0, 0.1) is 5.92 Å². The molecule has 0 aromatic heterocycles. The van der Waals surface area contributed by atoms with Crippen LogP contribution < -0.4 is 5.73 Å². The Balaban J connectivity index is 1.94. The lowest BCUT2D eigenvalue weighted by molar-refractivity contribution is 0.0877. The molecule has 98 valence electrons. The van der Waals surface area contributed by atoms with Crippen molar-refractivity contribution in [2.24, 2.45) is 11.7 Å². The molecule has 1 aliphatic rings. The van der Waals surface area contributed by atoms with Crippen LogP contribution in [0.3, 0.4) is 0 Å². The largest absolute Gasteiger partial charge is 0.445 e. The third-order valence-corrected chi connectivity index (χ3v) is 3.50. The van der Waals surface area contributed by atoms with Crippen molar-refractivity contribution in [3.05, 3.63) is 35.9 Å². The first-order valence-electron chi connectivity index (χ1n) is 6.41. The van der Waals surface area contributed by atoms with Crippen molar-refractivity contribution in [3.8, 4) is 0 Å². The molecule has 1 fully saturated rings. The van der Waals surface area contributed by atoms with E-state index in [0.717, 1.165) is 26.1 Å². The molecule has 2 N–H and O–H groups in total. The predicted octanol–water partition coefficient (Wildman–Crippen LogP) is 1.99. The van der Waals surface area contributed by atoms with Gasteiger partial charge in [-0.1, -0.05) is 37.3 Å². The zero-order chi connectivity index (χ0) is 13.0. The van der Waals surface area contributed by atoms with Crippen LogP contribution in [0.4, 0.5) is 4.79 Å². The first-order valence-corrected chi connectivity index (χ1v) is 6.41. The molecule has 4 nitrogen and oxygen atoms in total. The van der Waals surface area contributed by atoms with Gasteiger partial charge in [-0.05, 0) is 12.0 Å². The van der Waals surface area contributed by atoms with E-state index in [1.165, 1.54) is 5.56 Å². The molecule has 1 aliphatic heterocycles. The van der Waals surface area contributed by atoms with Crippen molar-refractivity contribution in [2.45, 2.75) is 26.0 Å². The molecule has 0 radical (unpaired) electrons. The molecule has 4 heteroatoms. The van der Waals surface area contributed by atoms with E-state index in [-0.39, 0.29) is 6.10 Å². The Labute approximate surface area is 108 Å². The molecular formula is C14H20N2O2. The molecule has 1 heterocycles. The average Bonchev–Trinajstić information content (AvgIpc) is 2.71. The highest BCUT2D eigenvalue weighted by atomic mass is 16.6. The van der Waals surface area contributed by atoms with E-state index in [4.69, 9.17) is 10.5 Å². The lowest BCUT2D eigenvalue weighted by Gasteiger charge is -2.15. The quantitative estimate of drug-likeness (QED) is 0.886. The van der Waals surface area contributed by atoms with Crippen LogP contribution in [0.15, 0.2) is 30.3 Å².